The summed E-state index contributed by atoms with van der Waals surface area (Å²) in [6.07, 6.45) is 0.538. The Morgan fingerprint density at radius 2 is 2.00 bits per heavy atom. The van der Waals surface area contributed by atoms with Crippen molar-refractivity contribution in [3.63, 3.8) is 0 Å². The minimum Gasteiger partial charge on any atom is -0.616 e. The molecule has 0 aliphatic heterocycles. The average Bonchev–Trinajstić information content (AvgIpc) is 2.44. The number of nitrogens with one attached hydrogen (secondary N) is 1. The number of rotatable bonds is 4. The third-order valence-electron chi connectivity index (χ3n) is 2.57. The highest BCUT2D eigenvalue weighted by Gasteiger charge is 2.18. The van der Waals surface area contributed by atoms with Gasteiger partial charge in [-0.3, -0.25) is 4.79 Å². The molecular weight excluding hydrogens is 324 g/mol. The van der Waals surface area contributed by atoms with Crippen LogP contribution in [0, 0.1) is 5.21 Å². The molecular formula is C14H13BrN2O3. The largest absolute Gasteiger partial charge is 0.616 e. The average molecular weight is 337 g/mol. The molecule has 0 saturated heterocycles. The smallest absolute Gasteiger partial charge is 0.380 e. The SMILES string of the molecule is C[C@H](Oc1cccc[n+]1[O-])C(=O)Nc1ccc(Br)cc1. The van der Waals surface area contributed by atoms with Crippen LogP contribution in [0.5, 0.6) is 5.88 Å². The Hall–Kier alpha value is -2.08. The van der Waals surface area contributed by atoms with E-state index >= 15 is 0 Å². The van der Waals surface area contributed by atoms with E-state index in [1.165, 1.54) is 12.3 Å². The van der Waals surface area contributed by atoms with Crippen molar-refractivity contribution in [3.05, 3.63) is 58.3 Å². The lowest BCUT2D eigenvalue weighted by molar-refractivity contribution is -0.613. The molecule has 6 heteroatoms. The normalized spacial score (nSPS) is 11.7. The number of carbonyl (C=O) groups is 1. The number of aromatic nitrogens is 1. The van der Waals surface area contributed by atoms with Crippen LogP contribution in [0.4, 0.5) is 5.69 Å². The van der Waals surface area contributed by atoms with Gasteiger partial charge in [-0.05, 0) is 37.3 Å². The summed E-state index contributed by atoms with van der Waals surface area (Å²) in [5.41, 5.74) is 0.664. The first-order valence-corrected chi connectivity index (χ1v) is 6.77. The maximum atomic E-state index is 12.0. The van der Waals surface area contributed by atoms with E-state index in [0.29, 0.717) is 10.4 Å². The van der Waals surface area contributed by atoms with Gasteiger partial charge in [0.2, 0.25) is 0 Å². The number of pyridine rings is 1. The molecule has 0 aliphatic rings. The second kappa shape index (κ2) is 6.38. The highest BCUT2D eigenvalue weighted by atomic mass is 79.9. The molecule has 0 spiro atoms. The third kappa shape index (κ3) is 3.71. The van der Waals surface area contributed by atoms with Gasteiger partial charge >= 0.3 is 5.88 Å². The zero-order valence-electron chi connectivity index (χ0n) is 10.7. The van der Waals surface area contributed by atoms with Gasteiger partial charge < -0.3 is 15.3 Å². The fourth-order valence-corrected chi connectivity index (χ4v) is 1.78. The van der Waals surface area contributed by atoms with Crippen LogP contribution in [-0.2, 0) is 4.79 Å². The van der Waals surface area contributed by atoms with Gasteiger partial charge in [-0.1, -0.05) is 15.9 Å². The molecule has 0 aliphatic carbocycles. The van der Waals surface area contributed by atoms with Gasteiger partial charge in [0.1, 0.15) is 0 Å². The van der Waals surface area contributed by atoms with E-state index in [1.54, 1.807) is 31.2 Å². The molecule has 0 saturated carbocycles. The Bertz CT molecular complexity index is 602. The summed E-state index contributed by atoms with van der Waals surface area (Å²) in [5.74, 6) is -0.234. The lowest BCUT2D eigenvalue weighted by Gasteiger charge is -2.13. The van der Waals surface area contributed by atoms with Crippen molar-refractivity contribution in [1.29, 1.82) is 0 Å². The molecule has 5 nitrogen and oxygen atoms in total. The first-order valence-electron chi connectivity index (χ1n) is 5.97. The molecule has 2 rings (SSSR count). The molecule has 0 radical (unpaired) electrons. The molecule has 20 heavy (non-hydrogen) atoms. The molecule has 2 aromatic rings. The standard InChI is InChI=1S/C14H13BrN2O3/c1-10(20-13-4-2-3-9-17(13)19)14(18)16-12-7-5-11(15)6-8-12/h2-10H,1H3,(H,16,18)/t10-/m0/s1. The summed E-state index contributed by atoms with van der Waals surface area (Å²) in [6.45, 7) is 1.58. The fraction of sp³-hybridized carbons (Fsp3) is 0.143. The Labute approximate surface area is 124 Å². The Morgan fingerprint density at radius 3 is 2.65 bits per heavy atom. The quantitative estimate of drug-likeness (QED) is 0.689. The first kappa shape index (κ1) is 14.3. The second-order valence-electron chi connectivity index (χ2n) is 4.12. The fourth-order valence-electron chi connectivity index (χ4n) is 1.52. The zero-order valence-corrected chi connectivity index (χ0v) is 12.3. The summed E-state index contributed by atoms with van der Waals surface area (Å²) < 4.78 is 6.83. The van der Waals surface area contributed by atoms with E-state index in [2.05, 4.69) is 21.2 Å². The van der Waals surface area contributed by atoms with Gasteiger partial charge in [-0.15, -0.1) is 4.73 Å². The number of benzene rings is 1. The van der Waals surface area contributed by atoms with Gasteiger partial charge in [0.05, 0.1) is 6.07 Å². The summed E-state index contributed by atoms with van der Waals surface area (Å²) in [7, 11) is 0. The Morgan fingerprint density at radius 1 is 1.30 bits per heavy atom. The van der Waals surface area contributed by atoms with Crippen molar-refractivity contribution >= 4 is 27.5 Å². The van der Waals surface area contributed by atoms with Crippen molar-refractivity contribution in [1.82, 2.24) is 0 Å². The predicted octanol–water partition coefficient (Wildman–Crippen LogP) is 2.49. The summed E-state index contributed by atoms with van der Waals surface area (Å²) in [6, 6.07) is 12.0. The number of ether oxygens (including phenoxy) is 1. The van der Waals surface area contributed by atoms with Crippen LogP contribution in [0.1, 0.15) is 6.92 Å². The van der Waals surface area contributed by atoms with E-state index in [4.69, 9.17) is 4.74 Å². The number of hydrogen-bond acceptors (Lipinski definition) is 3. The lowest BCUT2D eigenvalue weighted by atomic mass is 10.3. The van der Waals surface area contributed by atoms with E-state index < -0.39 is 6.10 Å². The highest BCUT2D eigenvalue weighted by molar-refractivity contribution is 9.10. The molecule has 1 heterocycles. The van der Waals surface area contributed by atoms with Crippen LogP contribution >= 0.6 is 15.9 Å². The Balaban J connectivity index is 1.99. The van der Waals surface area contributed by atoms with Crippen LogP contribution in [0.25, 0.3) is 0 Å². The van der Waals surface area contributed by atoms with Gasteiger partial charge in [0.15, 0.2) is 12.3 Å². The van der Waals surface area contributed by atoms with Crippen molar-refractivity contribution in [2.45, 2.75) is 13.0 Å². The Kier molecular flexibility index (Phi) is 4.57. The van der Waals surface area contributed by atoms with Gasteiger partial charge in [0.25, 0.3) is 5.91 Å². The molecule has 1 amide bonds. The lowest BCUT2D eigenvalue weighted by Crippen LogP contribution is -2.36. The van der Waals surface area contributed by atoms with Crippen molar-refractivity contribution in [2.24, 2.45) is 0 Å². The maximum absolute atomic E-state index is 12.0. The number of amides is 1. The maximum Gasteiger partial charge on any atom is 0.380 e. The van der Waals surface area contributed by atoms with Crippen molar-refractivity contribution in [3.8, 4) is 5.88 Å². The topological polar surface area (TPSA) is 65.3 Å². The second-order valence-corrected chi connectivity index (χ2v) is 5.04. The van der Waals surface area contributed by atoms with Crippen LogP contribution in [-0.4, -0.2) is 12.0 Å². The minimum atomic E-state index is -0.777. The van der Waals surface area contributed by atoms with E-state index in [1.807, 2.05) is 12.1 Å². The molecule has 0 fully saturated rings. The summed E-state index contributed by atoms with van der Waals surface area (Å²) >= 11 is 3.32. The van der Waals surface area contributed by atoms with Crippen LogP contribution in [0.15, 0.2) is 53.1 Å². The molecule has 1 N–H and O–H groups in total. The monoisotopic (exact) mass is 336 g/mol. The van der Waals surface area contributed by atoms with Crippen LogP contribution in [0.2, 0.25) is 0 Å². The molecule has 1 aromatic carbocycles. The molecule has 104 valence electrons. The number of hydrogen-bond donors (Lipinski definition) is 1. The van der Waals surface area contributed by atoms with Crippen molar-refractivity contribution in [2.75, 3.05) is 5.32 Å². The summed E-state index contributed by atoms with van der Waals surface area (Å²) in [5, 5.41) is 14.1. The zero-order chi connectivity index (χ0) is 14.5. The highest BCUT2D eigenvalue weighted by Crippen LogP contribution is 2.14. The predicted molar refractivity (Wildman–Crippen MR) is 78.3 cm³/mol. The van der Waals surface area contributed by atoms with Gasteiger partial charge in [-0.2, -0.15) is 0 Å². The van der Waals surface area contributed by atoms with E-state index in [-0.39, 0.29) is 11.8 Å². The number of halogens is 1. The number of anilines is 1. The summed E-state index contributed by atoms with van der Waals surface area (Å²) in [4.78, 5) is 12.0. The first-order chi connectivity index (χ1) is 9.56. The molecule has 1 aromatic heterocycles. The van der Waals surface area contributed by atoms with E-state index in [9.17, 15) is 10.0 Å². The molecule has 0 unspecified atom stereocenters. The number of carbonyl (C=O) groups excluding carboxylic acids is 1. The van der Waals surface area contributed by atoms with Gasteiger partial charge in [-0.25, -0.2) is 0 Å². The molecule has 1 atom stereocenters. The minimum absolute atomic E-state index is 0.0888. The van der Waals surface area contributed by atoms with Crippen molar-refractivity contribution < 1.29 is 14.3 Å². The number of nitrogens with zero attached hydrogens (tertiary/aromatic N) is 1. The van der Waals surface area contributed by atoms with Gasteiger partial charge in [0, 0.05) is 16.2 Å². The van der Waals surface area contributed by atoms with Crippen LogP contribution in [0.3, 0.4) is 0 Å². The third-order valence-corrected chi connectivity index (χ3v) is 3.10. The van der Waals surface area contributed by atoms with E-state index in [0.717, 1.165) is 4.47 Å². The van der Waals surface area contributed by atoms with Crippen LogP contribution < -0.4 is 14.8 Å². The molecule has 0 bridgehead atoms.